The molecule has 0 spiro atoms. The van der Waals surface area contributed by atoms with Crippen LogP contribution in [0.1, 0.15) is 5.56 Å². The summed E-state index contributed by atoms with van der Waals surface area (Å²) in [5.41, 5.74) is 0.442. The third-order valence-corrected chi connectivity index (χ3v) is 3.01. The highest BCUT2D eigenvalue weighted by molar-refractivity contribution is 5.96. The summed E-state index contributed by atoms with van der Waals surface area (Å²) in [6, 6.07) is 3.30. The molecule has 0 fully saturated rings. The molecule has 154 valence electrons. The van der Waals surface area contributed by atoms with E-state index in [1.54, 1.807) is 0 Å². The molecule has 1 rings (SSSR count). The van der Waals surface area contributed by atoms with E-state index < -0.39 is 31.1 Å². The highest BCUT2D eigenvalue weighted by Gasteiger charge is 2.11. The van der Waals surface area contributed by atoms with Gasteiger partial charge >= 0.3 is 18.6 Å². The van der Waals surface area contributed by atoms with Crippen molar-refractivity contribution in [2.24, 2.45) is 0 Å². The van der Waals surface area contributed by atoms with Gasteiger partial charge in [0.15, 0.2) is 18.1 Å². The number of hydrogen-bond donors (Lipinski definition) is 2. The van der Waals surface area contributed by atoms with Gasteiger partial charge in [0, 0.05) is 19.7 Å². The fourth-order valence-electron chi connectivity index (χ4n) is 1.80. The van der Waals surface area contributed by atoms with Crippen molar-refractivity contribution < 1.29 is 42.1 Å². The largest absolute Gasteiger partial charge is 0.493 e. The molecule has 0 atom stereocenters. The van der Waals surface area contributed by atoms with E-state index in [1.165, 1.54) is 38.5 Å². The summed E-state index contributed by atoms with van der Waals surface area (Å²) < 4.78 is 43.2. The molecule has 0 aliphatic carbocycles. The van der Waals surface area contributed by atoms with Gasteiger partial charge < -0.3 is 24.3 Å². The number of urea groups is 1. The van der Waals surface area contributed by atoms with E-state index in [-0.39, 0.29) is 24.7 Å². The molecule has 1 aromatic carbocycles. The van der Waals surface area contributed by atoms with Gasteiger partial charge in [0.05, 0.1) is 13.7 Å². The van der Waals surface area contributed by atoms with E-state index in [0.717, 1.165) is 6.08 Å². The molecule has 0 saturated heterocycles. The Morgan fingerprint density at radius 3 is 2.57 bits per heavy atom. The number of hydrogen-bond acceptors (Lipinski definition) is 7. The Balaban J connectivity index is 2.49. The Kier molecular flexibility index (Phi) is 9.97. The zero-order valence-corrected chi connectivity index (χ0v) is 15.2. The molecule has 11 heteroatoms. The van der Waals surface area contributed by atoms with Gasteiger partial charge in [0.2, 0.25) is 0 Å². The molecule has 1 aromatic rings. The number of amides is 3. The van der Waals surface area contributed by atoms with Crippen LogP contribution in [0.4, 0.5) is 13.6 Å². The molecular formula is C17H20F2N2O7. The number of ether oxygens (including phenoxy) is 4. The molecule has 0 unspecified atom stereocenters. The van der Waals surface area contributed by atoms with Gasteiger partial charge in [-0.1, -0.05) is 6.07 Å². The van der Waals surface area contributed by atoms with Crippen molar-refractivity contribution >= 4 is 24.0 Å². The minimum absolute atomic E-state index is 0.0506. The first-order valence-corrected chi connectivity index (χ1v) is 7.90. The van der Waals surface area contributed by atoms with E-state index in [9.17, 15) is 23.2 Å². The van der Waals surface area contributed by atoms with Gasteiger partial charge in [-0.05, 0) is 23.8 Å². The van der Waals surface area contributed by atoms with Crippen molar-refractivity contribution in [2.75, 3.05) is 34.0 Å². The number of rotatable bonds is 10. The van der Waals surface area contributed by atoms with Crippen LogP contribution in [0.2, 0.25) is 0 Å². The lowest BCUT2D eigenvalue weighted by Crippen LogP contribution is -2.42. The average Bonchev–Trinajstić information content (AvgIpc) is 2.65. The van der Waals surface area contributed by atoms with Gasteiger partial charge in [-0.3, -0.25) is 10.1 Å². The maximum absolute atomic E-state index is 12.3. The van der Waals surface area contributed by atoms with Crippen molar-refractivity contribution in [3.8, 4) is 11.5 Å². The summed E-state index contributed by atoms with van der Waals surface area (Å²) in [5.74, 6) is -1.76. The van der Waals surface area contributed by atoms with Crippen molar-refractivity contribution in [1.29, 1.82) is 0 Å². The molecule has 0 heterocycles. The molecule has 2 N–H and O–H groups in total. The average molecular weight is 402 g/mol. The van der Waals surface area contributed by atoms with Crippen LogP contribution >= 0.6 is 0 Å². The second kappa shape index (κ2) is 12.2. The summed E-state index contributed by atoms with van der Waals surface area (Å²) in [6.45, 7) is -3.17. The second-order valence-electron chi connectivity index (χ2n) is 5.03. The number of methoxy groups -OCH3 is 2. The van der Waals surface area contributed by atoms with Crippen LogP contribution in [0.5, 0.6) is 11.5 Å². The van der Waals surface area contributed by atoms with Crippen molar-refractivity contribution in [3.63, 3.8) is 0 Å². The Labute approximate surface area is 159 Å². The maximum Gasteiger partial charge on any atom is 0.387 e. The van der Waals surface area contributed by atoms with Crippen LogP contribution in [0.25, 0.3) is 6.08 Å². The summed E-state index contributed by atoms with van der Waals surface area (Å²) in [5, 5.41) is 4.32. The Morgan fingerprint density at radius 2 is 1.93 bits per heavy atom. The smallest absolute Gasteiger partial charge is 0.387 e. The van der Waals surface area contributed by atoms with Crippen LogP contribution < -0.4 is 20.1 Å². The molecule has 3 amide bonds. The number of carbonyl (C=O) groups is 3. The Bertz CT molecular complexity index is 711. The lowest BCUT2D eigenvalue weighted by atomic mass is 10.2. The monoisotopic (exact) mass is 402 g/mol. The number of nitrogens with one attached hydrogen (secondary N) is 2. The lowest BCUT2D eigenvalue weighted by molar-refractivity contribution is -0.143. The highest BCUT2D eigenvalue weighted by Crippen LogP contribution is 2.29. The zero-order valence-electron chi connectivity index (χ0n) is 15.2. The van der Waals surface area contributed by atoms with Gasteiger partial charge in [-0.2, -0.15) is 8.78 Å². The van der Waals surface area contributed by atoms with Gasteiger partial charge in [-0.15, -0.1) is 0 Å². The van der Waals surface area contributed by atoms with Gasteiger partial charge in [-0.25, -0.2) is 9.59 Å². The van der Waals surface area contributed by atoms with Crippen molar-refractivity contribution in [3.05, 3.63) is 29.8 Å². The highest BCUT2D eigenvalue weighted by atomic mass is 19.3. The number of carbonyl (C=O) groups excluding carboxylic acids is 3. The Morgan fingerprint density at radius 1 is 1.18 bits per heavy atom. The van der Waals surface area contributed by atoms with E-state index >= 15 is 0 Å². The van der Waals surface area contributed by atoms with Gasteiger partial charge in [0.1, 0.15) is 0 Å². The predicted molar refractivity (Wildman–Crippen MR) is 93.0 cm³/mol. The zero-order chi connectivity index (χ0) is 20.9. The topological polar surface area (TPSA) is 112 Å². The number of halogens is 2. The molecule has 9 nitrogen and oxygen atoms in total. The third-order valence-electron chi connectivity index (χ3n) is 3.01. The quantitative estimate of drug-likeness (QED) is 0.345. The minimum Gasteiger partial charge on any atom is -0.493 e. The second-order valence-corrected chi connectivity index (χ2v) is 5.03. The molecular weight excluding hydrogens is 382 g/mol. The minimum atomic E-state index is -3.00. The van der Waals surface area contributed by atoms with Crippen molar-refractivity contribution in [1.82, 2.24) is 10.6 Å². The predicted octanol–water partition coefficient (Wildman–Crippen LogP) is 1.33. The van der Waals surface area contributed by atoms with Crippen LogP contribution in [-0.2, 0) is 19.1 Å². The Hall–Kier alpha value is -3.21. The molecule has 0 aliphatic rings. The molecule has 0 saturated carbocycles. The summed E-state index contributed by atoms with van der Waals surface area (Å²) in [6.07, 6.45) is 2.35. The normalized spacial score (nSPS) is 10.6. The van der Waals surface area contributed by atoms with E-state index in [4.69, 9.17) is 9.47 Å². The summed E-state index contributed by atoms with van der Waals surface area (Å²) in [4.78, 5) is 34.4. The molecule has 0 aliphatic heterocycles. The molecule has 0 bridgehead atoms. The van der Waals surface area contributed by atoms with Crippen LogP contribution in [0, 0.1) is 0 Å². The van der Waals surface area contributed by atoms with Crippen LogP contribution in [-0.4, -0.2) is 58.5 Å². The molecule has 28 heavy (non-hydrogen) atoms. The van der Waals surface area contributed by atoms with E-state index in [1.807, 2.05) is 5.32 Å². The first-order chi connectivity index (χ1) is 13.3. The first-order valence-electron chi connectivity index (χ1n) is 7.90. The van der Waals surface area contributed by atoms with Crippen LogP contribution in [0.15, 0.2) is 24.3 Å². The fraction of sp³-hybridized carbons (Fsp3) is 0.353. The van der Waals surface area contributed by atoms with E-state index in [0.29, 0.717) is 5.56 Å². The number of benzene rings is 1. The third kappa shape index (κ3) is 8.94. The van der Waals surface area contributed by atoms with E-state index in [2.05, 4.69) is 14.8 Å². The molecule has 0 radical (unpaired) electrons. The number of esters is 1. The summed E-state index contributed by atoms with van der Waals surface area (Å²) >= 11 is 0. The maximum atomic E-state index is 12.3. The lowest BCUT2D eigenvalue weighted by Gasteiger charge is -2.10. The SMILES string of the molecule is COCCNC(=O)NC(=O)COC(=O)/C=C/c1ccc(OC(F)F)c(OC)c1. The fourth-order valence-corrected chi connectivity index (χ4v) is 1.80. The first kappa shape index (κ1) is 22.8. The number of alkyl halides is 2. The molecule has 0 aromatic heterocycles. The number of imide groups is 1. The standard InChI is InChI=1S/C17H20F2N2O7/c1-25-8-7-20-17(24)21-14(22)10-27-15(23)6-4-11-3-5-12(28-16(18)19)13(9-11)26-2/h3-6,9,16H,7-8,10H2,1-2H3,(H2,20,21,22,24)/b6-4+. The van der Waals surface area contributed by atoms with Crippen LogP contribution in [0.3, 0.4) is 0 Å². The van der Waals surface area contributed by atoms with Crippen molar-refractivity contribution in [2.45, 2.75) is 6.61 Å². The van der Waals surface area contributed by atoms with Gasteiger partial charge in [0.25, 0.3) is 5.91 Å². The summed E-state index contributed by atoms with van der Waals surface area (Å²) in [7, 11) is 2.73.